The van der Waals surface area contributed by atoms with Gasteiger partial charge in [-0.15, -0.1) is 0 Å². The molecule has 0 aliphatic heterocycles. The molecule has 4 nitrogen and oxygen atoms in total. The van der Waals surface area contributed by atoms with Crippen LogP contribution in [0.15, 0.2) is 48.5 Å². The van der Waals surface area contributed by atoms with Gasteiger partial charge in [0.1, 0.15) is 5.75 Å². The number of rotatable bonds is 12. The fourth-order valence-corrected chi connectivity index (χ4v) is 2.97. The number of hydrogen-bond acceptors (Lipinski definition) is 3. The van der Waals surface area contributed by atoms with Crippen LogP contribution in [0.5, 0.6) is 5.75 Å². The first-order chi connectivity index (χ1) is 13.6. The highest BCUT2D eigenvalue weighted by Gasteiger charge is 2.13. The fraction of sp³-hybridized carbons (Fsp3) is 0.458. The number of carbonyl (C=O) groups is 1. The lowest BCUT2D eigenvalue weighted by Crippen LogP contribution is -2.33. The summed E-state index contributed by atoms with van der Waals surface area (Å²) in [7, 11) is 0. The van der Waals surface area contributed by atoms with Crippen molar-refractivity contribution in [3.8, 4) is 5.75 Å². The molecule has 28 heavy (non-hydrogen) atoms. The minimum Gasteiger partial charge on any atom is -0.494 e. The lowest BCUT2D eigenvalue weighted by Gasteiger charge is -2.16. The molecule has 0 spiro atoms. The molecule has 0 radical (unpaired) electrons. The molecule has 1 N–H and O–H groups in total. The van der Waals surface area contributed by atoms with Crippen LogP contribution >= 0.6 is 0 Å². The normalized spacial score (nSPS) is 11.8. The van der Waals surface area contributed by atoms with Crippen LogP contribution in [-0.4, -0.2) is 25.2 Å². The van der Waals surface area contributed by atoms with Gasteiger partial charge in [-0.1, -0.05) is 43.7 Å². The molecule has 1 unspecified atom stereocenters. The Morgan fingerprint density at radius 3 is 2.61 bits per heavy atom. The van der Waals surface area contributed by atoms with Crippen molar-refractivity contribution >= 4 is 5.91 Å². The zero-order valence-corrected chi connectivity index (χ0v) is 17.4. The van der Waals surface area contributed by atoms with E-state index in [4.69, 9.17) is 9.47 Å². The van der Waals surface area contributed by atoms with Gasteiger partial charge >= 0.3 is 0 Å². The van der Waals surface area contributed by atoms with Gasteiger partial charge in [-0.2, -0.15) is 0 Å². The Bertz CT molecular complexity index is 715. The lowest BCUT2D eigenvalue weighted by molar-refractivity contribution is 0.0937. The van der Waals surface area contributed by atoms with Crippen molar-refractivity contribution in [1.82, 2.24) is 5.32 Å². The molecule has 4 heteroatoms. The largest absolute Gasteiger partial charge is 0.494 e. The standard InChI is InChI=1S/C24H33NO3/c1-4-6-16-27-18-22-17-21(14-15-23(22)28-5-2)24(26)25-19(3)12-13-20-10-8-7-9-11-20/h7-11,14-15,17,19H,4-6,12-13,16,18H2,1-3H3,(H,25,26). The first-order valence-corrected chi connectivity index (χ1v) is 10.3. The van der Waals surface area contributed by atoms with E-state index in [1.54, 1.807) is 0 Å². The molecular weight excluding hydrogens is 350 g/mol. The van der Waals surface area contributed by atoms with Crippen molar-refractivity contribution in [2.45, 2.75) is 59.1 Å². The zero-order valence-electron chi connectivity index (χ0n) is 17.4. The van der Waals surface area contributed by atoms with E-state index in [-0.39, 0.29) is 11.9 Å². The zero-order chi connectivity index (χ0) is 20.2. The van der Waals surface area contributed by atoms with Crippen molar-refractivity contribution in [3.05, 3.63) is 65.2 Å². The van der Waals surface area contributed by atoms with Gasteiger partial charge in [0.05, 0.1) is 13.2 Å². The third-order valence-corrected chi connectivity index (χ3v) is 4.61. The average molecular weight is 384 g/mol. The maximum absolute atomic E-state index is 12.7. The van der Waals surface area contributed by atoms with Gasteiger partial charge in [-0.3, -0.25) is 4.79 Å². The molecule has 0 aliphatic carbocycles. The number of benzene rings is 2. The van der Waals surface area contributed by atoms with Crippen molar-refractivity contribution in [2.75, 3.05) is 13.2 Å². The predicted octanol–water partition coefficient (Wildman–Crippen LogP) is 5.15. The molecule has 1 atom stereocenters. The number of ether oxygens (including phenoxy) is 2. The Kier molecular flexibility index (Phi) is 9.56. The molecule has 0 saturated carbocycles. The van der Waals surface area contributed by atoms with E-state index in [1.807, 2.05) is 50.2 Å². The molecule has 0 heterocycles. The first-order valence-electron chi connectivity index (χ1n) is 10.3. The van der Waals surface area contributed by atoms with E-state index < -0.39 is 0 Å². The Hall–Kier alpha value is -2.33. The number of aryl methyl sites for hydroxylation is 1. The van der Waals surface area contributed by atoms with Crippen LogP contribution in [0.2, 0.25) is 0 Å². The third-order valence-electron chi connectivity index (χ3n) is 4.61. The van der Waals surface area contributed by atoms with Gasteiger partial charge in [0, 0.05) is 23.8 Å². The van der Waals surface area contributed by atoms with Crippen molar-refractivity contribution in [2.24, 2.45) is 0 Å². The van der Waals surface area contributed by atoms with E-state index >= 15 is 0 Å². The molecular formula is C24H33NO3. The van der Waals surface area contributed by atoms with Gasteiger partial charge in [-0.05, 0) is 56.9 Å². The van der Waals surface area contributed by atoms with Crippen LogP contribution in [0.25, 0.3) is 0 Å². The maximum atomic E-state index is 12.7. The molecule has 2 aromatic rings. The summed E-state index contributed by atoms with van der Waals surface area (Å²) in [6.07, 6.45) is 3.98. The van der Waals surface area contributed by atoms with E-state index in [9.17, 15) is 4.79 Å². The summed E-state index contributed by atoms with van der Waals surface area (Å²) < 4.78 is 11.4. The molecule has 0 aromatic heterocycles. The Morgan fingerprint density at radius 1 is 1.11 bits per heavy atom. The smallest absolute Gasteiger partial charge is 0.251 e. The maximum Gasteiger partial charge on any atom is 0.251 e. The topological polar surface area (TPSA) is 47.6 Å². The van der Waals surface area contributed by atoms with Gasteiger partial charge < -0.3 is 14.8 Å². The second kappa shape index (κ2) is 12.2. The van der Waals surface area contributed by atoms with Crippen LogP contribution in [0.3, 0.4) is 0 Å². The highest BCUT2D eigenvalue weighted by atomic mass is 16.5. The summed E-state index contributed by atoms with van der Waals surface area (Å²) >= 11 is 0. The first kappa shape index (κ1) is 22.0. The second-order valence-electron chi connectivity index (χ2n) is 7.06. The molecule has 1 amide bonds. The number of hydrogen-bond donors (Lipinski definition) is 1. The summed E-state index contributed by atoms with van der Waals surface area (Å²) in [6.45, 7) is 7.90. The number of amides is 1. The minimum atomic E-state index is -0.0570. The Morgan fingerprint density at radius 2 is 1.89 bits per heavy atom. The summed E-state index contributed by atoms with van der Waals surface area (Å²) in [5, 5.41) is 3.10. The summed E-state index contributed by atoms with van der Waals surface area (Å²) in [5.41, 5.74) is 2.85. The van der Waals surface area contributed by atoms with E-state index in [1.165, 1.54) is 5.56 Å². The van der Waals surface area contributed by atoms with Crippen LogP contribution < -0.4 is 10.1 Å². The third kappa shape index (κ3) is 7.35. The predicted molar refractivity (Wildman–Crippen MR) is 114 cm³/mol. The van der Waals surface area contributed by atoms with Crippen molar-refractivity contribution in [1.29, 1.82) is 0 Å². The van der Waals surface area contributed by atoms with Gasteiger partial charge in [-0.25, -0.2) is 0 Å². The lowest BCUT2D eigenvalue weighted by atomic mass is 10.1. The summed E-state index contributed by atoms with van der Waals surface area (Å²) in [4.78, 5) is 12.7. The van der Waals surface area contributed by atoms with Crippen molar-refractivity contribution < 1.29 is 14.3 Å². The van der Waals surface area contributed by atoms with E-state index in [2.05, 4.69) is 24.4 Å². The van der Waals surface area contributed by atoms with Gasteiger partial charge in [0.2, 0.25) is 0 Å². The van der Waals surface area contributed by atoms with E-state index in [0.29, 0.717) is 18.8 Å². The number of nitrogens with one attached hydrogen (secondary N) is 1. The molecule has 0 saturated heterocycles. The van der Waals surface area contributed by atoms with Gasteiger partial charge in [0.15, 0.2) is 0 Å². The van der Waals surface area contributed by atoms with Crippen LogP contribution in [0.4, 0.5) is 0 Å². The molecule has 2 rings (SSSR count). The fourth-order valence-electron chi connectivity index (χ4n) is 2.97. The van der Waals surface area contributed by atoms with Crippen molar-refractivity contribution in [3.63, 3.8) is 0 Å². The molecule has 2 aromatic carbocycles. The molecule has 152 valence electrons. The van der Waals surface area contributed by atoms with Crippen LogP contribution in [-0.2, 0) is 17.8 Å². The highest BCUT2D eigenvalue weighted by Crippen LogP contribution is 2.22. The minimum absolute atomic E-state index is 0.0570. The van der Waals surface area contributed by atoms with Crippen LogP contribution in [0, 0.1) is 0 Å². The highest BCUT2D eigenvalue weighted by molar-refractivity contribution is 5.94. The summed E-state index contributed by atoms with van der Waals surface area (Å²) in [5.74, 6) is 0.728. The Balaban J connectivity index is 1.94. The van der Waals surface area contributed by atoms with Gasteiger partial charge in [0.25, 0.3) is 5.91 Å². The number of carbonyl (C=O) groups excluding carboxylic acids is 1. The van der Waals surface area contributed by atoms with Crippen LogP contribution in [0.1, 0.15) is 61.5 Å². The SMILES string of the molecule is CCCCOCc1cc(C(=O)NC(C)CCc2ccccc2)ccc1OCC. The average Bonchev–Trinajstić information content (AvgIpc) is 2.71. The Labute approximate surface area is 169 Å². The number of unbranched alkanes of at least 4 members (excludes halogenated alkanes) is 1. The summed E-state index contributed by atoms with van der Waals surface area (Å²) in [6, 6.07) is 16.0. The molecule has 0 aliphatic rings. The molecule has 0 fully saturated rings. The molecule has 0 bridgehead atoms. The second-order valence-corrected chi connectivity index (χ2v) is 7.06. The van der Waals surface area contributed by atoms with E-state index in [0.717, 1.165) is 43.6 Å². The monoisotopic (exact) mass is 383 g/mol. The quantitative estimate of drug-likeness (QED) is 0.516.